The molecular formula is C13H11IN4OS. The quantitative estimate of drug-likeness (QED) is 0.541. The summed E-state index contributed by atoms with van der Waals surface area (Å²) in [4.78, 5) is 8.78. The fourth-order valence-electron chi connectivity index (χ4n) is 1.80. The van der Waals surface area contributed by atoms with Crippen LogP contribution in [-0.4, -0.2) is 15.1 Å². The van der Waals surface area contributed by atoms with Crippen molar-refractivity contribution in [3.05, 3.63) is 43.7 Å². The van der Waals surface area contributed by atoms with Gasteiger partial charge in [0.1, 0.15) is 0 Å². The maximum absolute atomic E-state index is 5.94. The van der Waals surface area contributed by atoms with Gasteiger partial charge in [-0.2, -0.15) is 4.98 Å². The van der Waals surface area contributed by atoms with Gasteiger partial charge in [-0.1, -0.05) is 5.16 Å². The van der Waals surface area contributed by atoms with Crippen LogP contribution in [0.25, 0.3) is 11.5 Å². The molecule has 0 bridgehead atoms. The van der Waals surface area contributed by atoms with E-state index in [2.05, 4.69) is 37.7 Å². The predicted octanol–water partition coefficient (Wildman–Crippen LogP) is 3.28. The molecule has 0 amide bonds. The van der Waals surface area contributed by atoms with Gasteiger partial charge in [0.2, 0.25) is 0 Å². The minimum atomic E-state index is 0.447. The number of aryl methyl sites for hydroxylation is 1. The lowest BCUT2D eigenvalue weighted by molar-refractivity contribution is 0.424. The molecule has 102 valence electrons. The number of nitrogen functional groups attached to an aromatic ring is 1. The molecule has 0 aliphatic heterocycles. The van der Waals surface area contributed by atoms with Crippen LogP contribution in [0.5, 0.6) is 0 Å². The largest absolute Gasteiger partial charge is 0.398 e. The zero-order valence-corrected chi connectivity index (χ0v) is 13.6. The standard InChI is InChI=1S/C13H11IN4OS/c1-7-16-9(6-20-7)5-12-17-13(19-18-12)10-4-8(14)2-3-11(10)15/h2-4,6H,5,15H2,1H3. The molecule has 0 saturated carbocycles. The fourth-order valence-corrected chi connectivity index (χ4v) is 2.90. The lowest BCUT2D eigenvalue weighted by atomic mass is 10.2. The van der Waals surface area contributed by atoms with Gasteiger partial charge < -0.3 is 10.3 Å². The highest BCUT2D eigenvalue weighted by Gasteiger charge is 2.13. The Morgan fingerprint density at radius 1 is 1.35 bits per heavy atom. The summed E-state index contributed by atoms with van der Waals surface area (Å²) < 4.78 is 6.37. The second kappa shape index (κ2) is 5.49. The van der Waals surface area contributed by atoms with Gasteiger partial charge in [-0.25, -0.2) is 4.98 Å². The molecule has 0 fully saturated rings. The minimum absolute atomic E-state index is 0.447. The molecule has 0 aliphatic rings. The van der Waals surface area contributed by atoms with Gasteiger partial charge >= 0.3 is 0 Å². The van der Waals surface area contributed by atoms with Crippen molar-refractivity contribution in [1.82, 2.24) is 15.1 Å². The third kappa shape index (κ3) is 2.83. The monoisotopic (exact) mass is 398 g/mol. The zero-order valence-electron chi connectivity index (χ0n) is 10.6. The smallest absolute Gasteiger partial charge is 0.260 e. The van der Waals surface area contributed by atoms with E-state index in [1.165, 1.54) is 0 Å². The van der Waals surface area contributed by atoms with Crippen LogP contribution in [0.3, 0.4) is 0 Å². The number of hydrogen-bond acceptors (Lipinski definition) is 6. The van der Waals surface area contributed by atoms with E-state index >= 15 is 0 Å². The summed E-state index contributed by atoms with van der Waals surface area (Å²) in [5.41, 5.74) is 8.30. The minimum Gasteiger partial charge on any atom is -0.398 e. The summed E-state index contributed by atoms with van der Waals surface area (Å²) in [5.74, 6) is 1.06. The van der Waals surface area contributed by atoms with Crippen LogP contribution in [0.4, 0.5) is 5.69 Å². The normalized spacial score (nSPS) is 10.9. The van der Waals surface area contributed by atoms with E-state index < -0.39 is 0 Å². The first-order valence-electron chi connectivity index (χ1n) is 5.91. The van der Waals surface area contributed by atoms with Gasteiger partial charge in [0, 0.05) is 14.6 Å². The molecule has 0 atom stereocenters. The number of benzene rings is 1. The number of hydrogen-bond donors (Lipinski definition) is 1. The van der Waals surface area contributed by atoms with Gasteiger partial charge in [0.25, 0.3) is 5.89 Å². The highest BCUT2D eigenvalue weighted by atomic mass is 127. The summed E-state index contributed by atoms with van der Waals surface area (Å²) in [7, 11) is 0. The number of aromatic nitrogens is 3. The van der Waals surface area contributed by atoms with Crippen molar-refractivity contribution in [2.45, 2.75) is 13.3 Å². The molecule has 7 heteroatoms. The van der Waals surface area contributed by atoms with Gasteiger partial charge in [-0.15, -0.1) is 11.3 Å². The molecule has 2 aromatic heterocycles. The van der Waals surface area contributed by atoms with E-state index in [4.69, 9.17) is 10.3 Å². The molecule has 1 aromatic carbocycles. The number of thiazole rings is 1. The average Bonchev–Trinajstić information content (AvgIpc) is 3.02. The van der Waals surface area contributed by atoms with Crippen LogP contribution < -0.4 is 5.73 Å². The number of halogens is 1. The number of rotatable bonds is 3. The Labute approximate surface area is 133 Å². The van der Waals surface area contributed by atoms with Crippen LogP contribution in [0.2, 0.25) is 0 Å². The Hall–Kier alpha value is -1.48. The zero-order chi connectivity index (χ0) is 14.1. The van der Waals surface area contributed by atoms with Gasteiger partial charge in [0.15, 0.2) is 5.82 Å². The first-order valence-corrected chi connectivity index (χ1v) is 7.86. The SMILES string of the molecule is Cc1nc(Cc2noc(-c3cc(I)ccc3N)n2)cs1. The van der Waals surface area contributed by atoms with Crippen molar-refractivity contribution in [2.24, 2.45) is 0 Å². The molecule has 0 spiro atoms. The summed E-state index contributed by atoms with van der Waals surface area (Å²) in [6, 6.07) is 5.71. The molecule has 3 aromatic rings. The lowest BCUT2D eigenvalue weighted by Gasteiger charge is -2.00. The average molecular weight is 398 g/mol. The van der Waals surface area contributed by atoms with Crippen LogP contribution in [0, 0.1) is 10.5 Å². The second-order valence-corrected chi connectivity index (χ2v) is 6.59. The van der Waals surface area contributed by atoms with Crippen molar-refractivity contribution < 1.29 is 4.52 Å². The van der Waals surface area contributed by atoms with E-state index in [0.717, 1.165) is 19.8 Å². The summed E-state index contributed by atoms with van der Waals surface area (Å²) in [6.45, 7) is 1.97. The Bertz CT molecular complexity index is 752. The van der Waals surface area contributed by atoms with Crippen molar-refractivity contribution in [2.75, 3.05) is 5.73 Å². The van der Waals surface area contributed by atoms with Crippen molar-refractivity contribution in [3.8, 4) is 11.5 Å². The summed E-state index contributed by atoms with van der Waals surface area (Å²) >= 11 is 3.84. The molecule has 0 aliphatic carbocycles. The number of nitrogens with two attached hydrogens (primary N) is 1. The number of nitrogens with zero attached hydrogens (tertiary/aromatic N) is 3. The molecule has 2 heterocycles. The molecular weight excluding hydrogens is 387 g/mol. The Kier molecular flexibility index (Phi) is 3.70. The van der Waals surface area contributed by atoms with Crippen LogP contribution in [0.1, 0.15) is 16.5 Å². The van der Waals surface area contributed by atoms with Crippen LogP contribution in [-0.2, 0) is 6.42 Å². The van der Waals surface area contributed by atoms with E-state index in [-0.39, 0.29) is 0 Å². The first kappa shape index (κ1) is 13.5. The van der Waals surface area contributed by atoms with E-state index in [9.17, 15) is 0 Å². The maximum atomic E-state index is 5.94. The molecule has 20 heavy (non-hydrogen) atoms. The molecule has 5 nitrogen and oxygen atoms in total. The van der Waals surface area contributed by atoms with Crippen molar-refractivity contribution in [1.29, 1.82) is 0 Å². The second-order valence-electron chi connectivity index (χ2n) is 4.28. The fraction of sp³-hybridized carbons (Fsp3) is 0.154. The topological polar surface area (TPSA) is 77.8 Å². The molecule has 0 radical (unpaired) electrons. The Morgan fingerprint density at radius 2 is 2.20 bits per heavy atom. The molecule has 0 unspecified atom stereocenters. The summed E-state index contributed by atoms with van der Waals surface area (Å²) in [5, 5.41) is 7.03. The van der Waals surface area contributed by atoms with Gasteiger partial charge in [-0.3, -0.25) is 0 Å². The third-order valence-corrected chi connectivity index (χ3v) is 4.21. The van der Waals surface area contributed by atoms with Crippen LogP contribution in [0.15, 0.2) is 28.1 Å². The van der Waals surface area contributed by atoms with Gasteiger partial charge in [-0.05, 0) is 47.7 Å². The molecule has 3 rings (SSSR count). The van der Waals surface area contributed by atoms with Crippen molar-refractivity contribution in [3.63, 3.8) is 0 Å². The van der Waals surface area contributed by atoms with Crippen molar-refractivity contribution >= 4 is 39.6 Å². The summed E-state index contributed by atoms with van der Waals surface area (Å²) in [6.07, 6.45) is 0.567. The Morgan fingerprint density at radius 3 is 2.95 bits per heavy atom. The maximum Gasteiger partial charge on any atom is 0.260 e. The highest BCUT2D eigenvalue weighted by molar-refractivity contribution is 14.1. The first-order chi connectivity index (χ1) is 9.61. The number of anilines is 1. The van der Waals surface area contributed by atoms with E-state index in [1.54, 1.807) is 11.3 Å². The third-order valence-electron chi connectivity index (χ3n) is 2.72. The van der Waals surface area contributed by atoms with Gasteiger partial charge in [0.05, 0.1) is 22.7 Å². The predicted molar refractivity (Wildman–Crippen MR) is 86.5 cm³/mol. The lowest BCUT2D eigenvalue weighted by Crippen LogP contribution is -1.93. The van der Waals surface area contributed by atoms with E-state index in [1.807, 2.05) is 30.5 Å². The van der Waals surface area contributed by atoms with Crippen LogP contribution >= 0.6 is 33.9 Å². The Balaban J connectivity index is 1.88. The highest BCUT2D eigenvalue weighted by Crippen LogP contribution is 2.26. The molecule has 0 saturated heterocycles. The van der Waals surface area contributed by atoms with E-state index in [0.29, 0.717) is 23.8 Å². The molecule has 2 N–H and O–H groups in total.